The summed E-state index contributed by atoms with van der Waals surface area (Å²) in [5.74, 6) is 0. The SMILES string of the molecule is CC(C)N1CC2(CCOCC2)c2cc(N)ccc21. The van der Waals surface area contributed by atoms with Crippen LogP contribution < -0.4 is 10.6 Å². The van der Waals surface area contributed by atoms with Crippen LogP contribution in [-0.2, 0) is 10.2 Å². The Morgan fingerprint density at radius 2 is 2.00 bits per heavy atom. The fourth-order valence-corrected chi connectivity index (χ4v) is 3.38. The Balaban J connectivity index is 2.07. The summed E-state index contributed by atoms with van der Waals surface area (Å²) in [7, 11) is 0. The van der Waals surface area contributed by atoms with E-state index in [0.717, 1.165) is 38.3 Å². The fraction of sp³-hybridized carbons (Fsp3) is 0.600. The van der Waals surface area contributed by atoms with E-state index < -0.39 is 0 Å². The van der Waals surface area contributed by atoms with E-state index in [1.165, 1.54) is 11.3 Å². The minimum absolute atomic E-state index is 0.271. The van der Waals surface area contributed by atoms with Crippen molar-refractivity contribution in [2.24, 2.45) is 0 Å². The third-order valence-electron chi connectivity index (χ3n) is 4.45. The van der Waals surface area contributed by atoms with Gasteiger partial charge in [0.25, 0.3) is 0 Å². The molecule has 18 heavy (non-hydrogen) atoms. The number of anilines is 2. The number of hydrogen-bond acceptors (Lipinski definition) is 3. The highest BCUT2D eigenvalue weighted by molar-refractivity contribution is 5.67. The van der Waals surface area contributed by atoms with Crippen LogP contribution in [0.1, 0.15) is 32.3 Å². The summed E-state index contributed by atoms with van der Waals surface area (Å²) in [4.78, 5) is 2.51. The highest BCUT2D eigenvalue weighted by Crippen LogP contribution is 2.47. The second-order valence-electron chi connectivity index (χ2n) is 5.89. The predicted molar refractivity (Wildman–Crippen MR) is 75.1 cm³/mol. The Bertz CT molecular complexity index is 450. The van der Waals surface area contributed by atoms with Gasteiger partial charge in [0, 0.05) is 42.6 Å². The third kappa shape index (κ3) is 1.69. The first-order chi connectivity index (χ1) is 8.62. The molecule has 98 valence electrons. The molecule has 2 aliphatic rings. The molecule has 1 saturated heterocycles. The van der Waals surface area contributed by atoms with Gasteiger partial charge in [-0.3, -0.25) is 0 Å². The third-order valence-corrected chi connectivity index (χ3v) is 4.45. The topological polar surface area (TPSA) is 38.5 Å². The Kier molecular flexibility index (Phi) is 2.74. The molecular formula is C15H22N2O. The first-order valence-electron chi connectivity index (χ1n) is 6.87. The number of benzene rings is 1. The van der Waals surface area contributed by atoms with Gasteiger partial charge >= 0.3 is 0 Å². The molecule has 1 fully saturated rings. The summed E-state index contributed by atoms with van der Waals surface area (Å²) in [5.41, 5.74) is 9.96. The molecule has 0 radical (unpaired) electrons. The van der Waals surface area contributed by atoms with Gasteiger partial charge < -0.3 is 15.4 Å². The highest BCUT2D eigenvalue weighted by atomic mass is 16.5. The lowest BCUT2D eigenvalue weighted by atomic mass is 9.76. The van der Waals surface area contributed by atoms with Crippen LogP contribution in [0.25, 0.3) is 0 Å². The zero-order chi connectivity index (χ0) is 12.8. The standard InChI is InChI=1S/C15H22N2O/c1-11(2)17-10-15(5-7-18-8-6-15)13-9-12(16)3-4-14(13)17/h3-4,9,11H,5-8,10,16H2,1-2H3. The quantitative estimate of drug-likeness (QED) is 0.774. The zero-order valence-corrected chi connectivity index (χ0v) is 11.3. The van der Waals surface area contributed by atoms with Crippen molar-refractivity contribution < 1.29 is 4.74 Å². The van der Waals surface area contributed by atoms with Gasteiger partial charge in [-0.15, -0.1) is 0 Å². The highest BCUT2D eigenvalue weighted by Gasteiger charge is 2.44. The van der Waals surface area contributed by atoms with Gasteiger partial charge in [-0.25, -0.2) is 0 Å². The molecular weight excluding hydrogens is 224 g/mol. The largest absolute Gasteiger partial charge is 0.399 e. The molecule has 2 heterocycles. The second kappa shape index (κ2) is 4.16. The minimum Gasteiger partial charge on any atom is -0.399 e. The minimum atomic E-state index is 0.271. The second-order valence-corrected chi connectivity index (χ2v) is 5.89. The van der Waals surface area contributed by atoms with E-state index in [9.17, 15) is 0 Å². The molecule has 3 nitrogen and oxygen atoms in total. The van der Waals surface area contributed by atoms with E-state index in [0.29, 0.717) is 6.04 Å². The molecule has 0 aromatic heterocycles. The number of nitrogens with two attached hydrogens (primary N) is 1. The van der Waals surface area contributed by atoms with Crippen molar-refractivity contribution in [3.8, 4) is 0 Å². The van der Waals surface area contributed by atoms with Gasteiger partial charge in [0.05, 0.1) is 0 Å². The summed E-state index contributed by atoms with van der Waals surface area (Å²) in [6.45, 7) is 7.39. The lowest BCUT2D eigenvalue weighted by Gasteiger charge is -2.35. The van der Waals surface area contributed by atoms with Crippen LogP contribution in [0.2, 0.25) is 0 Å². The van der Waals surface area contributed by atoms with Crippen molar-refractivity contribution in [2.75, 3.05) is 30.4 Å². The molecule has 3 heteroatoms. The van der Waals surface area contributed by atoms with Crippen LogP contribution >= 0.6 is 0 Å². The van der Waals surface area contributed by atoms with Crippen molar-refractivity contribution in [1.82, 2.24) is 0 Å². The van der Waals surface area contributed by atoms with Crippen LogP contribution in [-0.4, -0.2) is 25.8 Å². The Morgan fingerprint density at radius 3 is 2.67 bits per heavy atom. The molecule has 3 rings (SSSR count). The molecule has 2 aliphatic heterocycles. The average Bonchev–Trinajstić information content (AvgIpc) is 2.65. The molecule has 0 bridgehead atoms. The maximum atomic E-state index is 5.99. The van der Waals surface area contributed by atoms with E-state index in [1.807, 2.05) is 6.07 Å². The van der Waals surface area contributed by atoms with Gasteiger partial charge in [0.1, 0.15) is 0 Å². The van der Waals surface area contributed by atoms with Crippen molar-refractivity contribution in [3.63, 3.8) is 0 Å². The molecule has 0 atom stereocenters. The van der Waals surface area contributed by atoms with E-state index in [-0.39, 0.29) is 5.41 Å². The maximum absolute atomic E-state index is 5.99. The maximum Gasteiger partial charge on any atom is 0.0475 e. The number of ether oxygens (including phenoxy) is 1. The van der Waals surface area contributed by atoms with Gasteiger partial charge in [0.15, 0.2) is 0 Å². The van der Waals surface area contributed by atoms with Crippen molar-refractivity contribution in [3.05, 3.63) is 23.8 Å². The lowest BCUT2D eigenvalue weighted by Crippen LogP contribution is -2.40. The van der Waals surface area contributed by atoms with Gasteiger partial charge in [-0.2, -0.15) is 0 Å². The van der Waals surface area contributed by atoms with Crippen LogP contribution in [0.15, 0.2) is 18.2 Å². The molecule has 0 aliphatic carbocycles. The normalized spacial score (nSPS) is 21.6. The van der Waals surface area contributed by atoms with Gasteiger partial charge in [0.2, 0.25) is 0 Å². The van der Waals surface area contributed by atoms with Crippen molar-refractivity contribution in [1.29, 1.82) is 0 Å². The summed E-state index contributed by atoms with van der Waals surface area (Å²) in [5, 5.41) is 0. The predicted octanol–water partition coefficient (Wildman–Crippen LogP) is 2.55. The average molecular weight is 246 g/mol. The summed E-state index contributed by atoms with van der Waals surface area (Å²) in [6.07, 6.45) is 2.24. The first-order valence-corrected chi connectivity index (χ1v) is 6.87. The molecule has 1 spiro atoms. The van der Waals surface area contributed by atoms with Gasteiger partial charge in [-0.1, -0.05) is 0 Å². The van der Waals surface area contributed by atoms with E-state index >= 15 is 0 Å². The smallest absolute Gasteiger partial charge is 0.0475 e. The van der Waals surface area contributed by atoms with Crippen LogP contribution in [0.4, 0.5) is 11.4 Å². The molecule has 1 aromatic carbocycles. The number of hydrogen-bond donors (Lipinski definition) is 1. The van der Waals surface area contributed by atoms with Crippen LogP contribution in [0, 0.1) is 0 Å². The Hall–Kier alpha value is -1.22. The molecule has 2 N–H and O–H groups in total. The first kappa shape index (κ1) is 11.8. The number of fused-ring (bicyclic) bond motifs is 2. The van der Waals surface area contributed by atoms with Crippen molar-refractivity contribution in [2.45, 2.75) is 38.1 Å². The Morgan fingerprint density at radius 1 is 1.28 bits per heavy atom. The summed E-state index contributed by atoms with van der Waals surface area (Å²) >= 11 is 0. The molecule has 0 saturated carbocycles. The molecule has 1 aromatic rings. The summed E-state index contributed by atoms with van der Waals surface area (Å²) in [6, 6.07) is 6.93. The van der Waals surface area contributed by atoms with E-state index in [1.54, 1.807) is 0 Å². The molecule has 0 amide bonds. The van der Waals surface area contributed by atoms with Gasteiger partial charge in [-0.05, 0) is 50.5 Å². The fourth-order valence-electron chi connectivity index (χ4n) is 3.38. The number of rotatable bonds is 1. The summed E-state index contributed by atoms with van der Waals surface area (Å²) < 4.78 is 5.55. The van der Waals surface area contributed by atoms with Crippen LogP contribution in [0.3, 0.4) is 0 Å². The number of nitrogens with zero attached hydrogens (tertiary/aromatic N) is 1. The monoisotopic (exact) mass is 246 g/mol. The van der Waals surface area contributed by atoms with Crippen molar-refractivity contribution >= 4 is 11.4 Å². The lowest BCUT2D eigenvalue weighted by molar-refractivity contribution is 0.0551. The number of nitrogen functional groups attached to an aromatic ring is 1. The molecule has 0 unspecified atom stereocenters. The zero-order valence-electron chi connectivity index (χ0n) is 11.3. The Labute approximate surface area is 109 Å². The van der Waals surface area contributed by atoms with E-state index in [4.69, 9.17) is 10.5 Å². The van der Waals surface area contributed by atoms with Crippen LogP contribution in [0.5, 0.6) is 0 Å². The van der Waals surface area contributed by atoms with E-state index in [2.05, 4.69) is 30.9 Å².